The predicted octanol–water partition coefficient (Wildman–Crippen LogP) is 0.0704. The highest BCUT2D eigenvalue weighted by Gasteiger charge is 2.34. The average molecular weight is 184 g/mol. The quantitative estimate of drug-likeness (QED) is 0.605. The van der Waals surface area contributed by atoms with E-state index < -0.39 is 11.3 Å². The Morgan fingerprint density at radius 2 is 2.67 bits per heavy atom. The van der Waals surface area contributed by atoms with Gasteiger partial charge >= 0.3 is 5.97 Å². The molecule has 0 aromatic rings. The van der Waals surface area contributed by atoms with E-state index in [1.54, 1.807) is 6.21 Å². The van der Waals surface area contributed by atoms with Crippen molar-refractivity contribution in [1.29, 1.82) is 0 Å². The third-order valence-corrected chi connectivity index (χ3v) is 3.12. The summed E-state index contributed by atoms with van der Waals surface area (Å²) in [5, 5.41) is 11.4. The fraction of sp³-hybridized carbons (Fsp3) is 0.429. The lowest BCUT2D eigenvalue weighted by atomic mass is 10.2. The van der Waals surface area contributed by atoms with Gasteiger partial charge in [-0.05, 0) is 6.08 Å². The van der Waals surface area contributed by atoms with Crippen molar-refractivity contribution < 1.29 is 9.90 Å². The molecule has 0 aromatic heterocycles. The van der Waals surface area contributed by atoms with E-state index >= 15 is 0 Å². The molecule has 0 spiro atoms. The van der Waals surface area contributed by atoms with Gasteiger partial charge in [0, 0.05) is 11.9 Å². The van der Waals surface area contributed by atoms with Crippen molar-refractivity contribution in [2.45, 2.75) is 10.6 Å². The molecule has 0 aromatic carbocycles. The van der Waals surface area contributed by atoms with Gasteiger partial charge in [0.15, 0.2) is 5.37 Å². The first-order chi connectivity index (χ1) is 5.77. The van der Waals surface area contributed by atoms with Crippen LogP contribution < -0.4 is 5.32 Å². The number of aliphatic carboxylic acids is 1. The van der Waals surface area contributed by atoms with Crippen LogP contribution in [0.15, 0.2) is 16.8 Å². The molecule has 0 aliphatic carbocycles. The molecule has 0 amide bonds. The second-order valence-corrected chi connectivity index (χ2v) is 3.94. The molecule has 0 saturated carbocycles. The summed E-state index contributed by atoms with van der Waals surface area (Å²) in [5.74, 6) is -0.810. The first-order valence-corrected chi connectivity index (χ1v) is 4.56. The van der Waals surface area contributed by atoms with Crippen LogP contribution in [-0.4, -0.2) is 34.5 Å². The Labute approximate surface area is 73.8 Å². The van der Waals surface area contributed by atoms with Crippen LogP contribution in [0, 0.1) is 0 Å². The number of carboxylic acids is 1. The lowest BCUT2D eigenvalue weighted by Crippen LogP contribution is -2.27. The molecule has 1 fully saturated rings. The molecule has 1 saturated heterocycles. The van der Waals surface area contributed by atoms with E-state index in [0.29, 0.717) is 6.54 Å². The second-order valence-electron chi connectivity index (χ2n) is 2.62. The van der Waals surface area contributed by atoms with Crippen LogP contribution in [0.3, 0.4) is 0 Å². The van der Waals surface area contributed by atoms with Crippen molar-refractivity contribution in [3.63, 3.8) is 0 Å². The Morgan fingerprint density at radius 3 is 3.33 bits per heavy atom. The summed E-state index contributed by atoms with van der Waals surface area (Å²) in [5.41, 5.74) is 0.988. The van der Waals surface area contributed by atoms with Gasteiger partial charge in [0.2, 0.25) is 0 Å². The topological polar surface area (TPSA) is 61.7 Å². The van der Waals surface area contributed by atoms with Crippen molar-refractivity contribution in [2.75, 3.05) is 6.54 Å². The van der Waals surface area contributed by atoms with Gasteiger partial charge in [0.1, 0.15) is 0 Å². The monoisotopic (exact) mass is 184 g/mol. The number of carboxylic acid groups (broad SMARTS) is 1. The number of dihydropyridines is 1. The summed E-state index contributed by atoms with van der Waals surface area (Å²) >= 11 is 1.41. The number of allylic oxidation sites excluding steroid dienone is 1. The zero-order valence-corrected chi connectivity index (χ0v) is 7.04. The van der Waals surface area contributed by atoms with E-state index in [2.05, 4.69) is 10.3 Å². The van der Waals surface area contributed by atoms with E-state index in [1.165, 1.54) is 11.8 Å². The molecular weight excluding hydrogens is 176 g/mol. The molecule has 5 heteroatoms. The zero-order chi connectivity index (χ0) is 8.55. The highest BCUT2D eigenvalue weighted by Crippen LogP contribution is 2.31. The third kappa shape index (κ3) is 1.20. The zero-order valence-electron chi connectivity index (χ0n) is 6.23. The summed E-state index contributed by atoms with van der Waals surface area (Å²) in [6.45, 7) is 0.688. The number of thioether (sulfide) groups is 1. The normalized spacial score (nSPS) is 32.2. The minimum absolute atomic E-state index is 0.219. The molecule has 2 aliphatic heterocycles. The minimum atomic E-state index is -0.810. The number of aliphatic imine (C=N–C) groups is 1. The van der Waals surface area contributed by atoms with Gasteiger partial charge in [-0.15, -0.1) is 11.8 Å². The summed E-state index contributed by atoms with van der Waals surface area (Å²) in [6.07, 6.45) is 3.55. The fourth-order valence-corrected chi connectivity index (χ4v) is 2.34. The third-order valence-electron chi connectivity index (χ3n) is 1.80. The Bertz CT molecular complexity index is 275. The molecule has 12 heavy (non-hydrogen) atoms. The highest BCUT2D eigenvalue weighted by atomic mass is 32.2. The lowest BCUT2D eigenvalue weighted by molar-refractivity contribution is -0.136. The van der Waals surface area contributed by atoms with Gasteiger partial charge in [-0.2, -0.15) is 0 Å². The number of fused-ring (bicyclic) bond motifs is 1. The van der Waals surface area contributed by atoms with Crippen molar-refractivity contribution >= 4 is 23.9 Å². The minimum Gasteiger partial charge on any atom is -0.479 e. The van der Waals surface area contributed by atoms with Crippen molar-refractivity contribution in [3.05, 3.63) is 11.8 Å². The number of rotatable bonds is 1. The van der Waals surface area contributed by atoms with Crippen LogP contribution in [0.2, 0.25) is 0 Å². The first kappa shape index (κ1) is 7.67. The number of nitrogens with zero attached hydrogens (tertiary/aromatic N) is 1. The van der Waals surface area contributed by atoms with E-state index in [1.807, 2.05) is 6.08 Å². The molecule has 2 N–H and O–H groups in total. The van der Waals surface area contributed by atoms with Crippen LogP contribution >= 0.6 is 11.8 Å². The standard InChI is InChI=1S/C7H8N2O2S/c10-7(11)6-9-4-1-2-8-3-5(4)12-6/h1-2,5-6,9H,3H2,(H,10,11). The number of carbonyl (C=O) groups is 1. The molecule has 0 radical (unpaired) electrons. The van der Waals surface area contributed by atoms with Gasteiger partial charge < -0.3 is 10.4 Å². The number of nitrogens with one attached hydrogen (secondary N) is 1. The maximum Gasteiger partial charge on any atom is 0.336 e. The average Bonchev–Trinajstić information content (AvgIpc) is 2.46. The van der Waals surface area contributed by atoms with E-state index in [4.69, 9.17) is 5.11 Å². The lowest BCUT2D eigenvalue weighted by Gasteiger charge is -2.08. The fourth-order valence-electron chi connectivity index (χ4n) is 1.22. The summed E-state index contributed by atoms with van der Waals surface area (Å²) < 4.78 is 0. The van der Waals surface area contributed by atoms with Crippen LogP contribution in [-0.2, 0) is 4.79 Å². The molecular formula is C7H8N2O2S. The maximum atomic E-state index is 10.6. The SMILES string of the molecule is O=C(O)C1NC2=CC=NCC2S1. The summed E-state index contributed by atoms with van der Waals surface area (Å²) in [6, 6.07) is 0. The molecule has 64 valence electrons. The largest absolute Gasteiger partial charge is 0.479 e. The molecule has 0 bridgehead atoms. The molecule has 2 rings (SSSR count). The van der Waals surface area contributed by atoms with Crippen molar-refractivity contribution in [2.24, 2.45) is 4.99 Å². The van der Waals surface area contributed by atoms with E-state index in [-0.39, 0.29) is 5.25 Å². The molecule has 2 atom stereocenters. The number of hydrogen-bond acceptors (Lipinski definition) is 4. The molecule has 2 aliphatic rings. The van der Waals surface area contributed by atoms with Gasteiger partial charge in [0.25, 0.3) is 0 Å². The smallest absolute Gasteiger partial charge is 0.336 e. The van der Waals surface area contributed by atoms with Crippen molar-refractivity contribution in [3.8, 4) is 0 Å². The Morgan fingerprint density at radius 1 is 1.83 bits per heavy atom. The van der Waals surface area contributed by atoms with Crippen molar-refractivity contribution in [1.82, 2.24) is 5.32 Å². The van der Waals surface area contributed by atoms with Crippen LogP contribution in [0.1, 0.15) is 0 Å². The molecule has 2 unspecified atom stereocenters. The van der Waals surface area contributed by atoms with Crippen LogP contribution in [0.5, 0.6) is 0 Å². The number of hydrogen-bond donors (Lipinski definition) is 2. The molecule has 4 nitrogen and oxygen atoms in total. The van der Waals surface area contributed by atoms with Crippen LogP contribution in [0.4, 0.5) is 0 Å². The van der Waals surface area contributed by atoms with E-state index in [0.717, 1.165) is 5.70 Å². The summed E-state index contributed by atoms with van der Waals surface area (Å²) in [4.78, 5) is 14.7. The predicted molar refractivity (Wildman–Crippen MR) is 47.4 cm³/mol. The molecule has 2 heterocycles. The first-order valence-electron chi connectivity index (χ1n) is 3.62. The Hall–Kier alpha value is -0.970. The second kappa shape index (κ2) is 2.82. The van der Waals surface area contributed by atoms with Crippen LogP contribution in [0.25, 0.3) is 0 Å². The van der Waals surface area contributed by atoms with E-state index in [9.17, 15) is 4.79 Å². The Balaban J connectivity index is 2.12. The van der Waals surface area contributed by atoms with Gasteiger partial charge in [0.05, 0.1) is 11.8 Å². The maximum absolute atomic E-state index is 10.6. The van der Waals surface area contributed by atoms with Gasteiger partial charge in [-0.25, -0.2) is 4.79 Å². The van der Waals surface area contributed by atoms with Gasteiger partial charge in [-0.1, -0.05) is 0 Å². The highest BCUT2D eigenvalue weighted by molar-refractivity contribution is 8.01. The Kier molecular flexibility index (Phi) is 1.80. The van der Waals surface area contributed by atoms with Gasteiger partial charge in [-0.3, -0.25) is 4.99 Å². The summed E-state index contributed by atoms with van der Waals surface area (Å²) in [7, 11) is 0.